The molecule has 1 N–H and O–H groups in total. The van der Waals surface area contributed by atoms with Crippen molar-refractivity contribution in [3.63, 3.8) is 0 Å². The topological polar surface area (TPSA) is 80.6 Å². The number of ether oxygens (including phenoxy) is 1. The largest absolute Gasteiger partial charge is 0.495 e. The van der Waals surface area contributed by atoms with Crippen LogP contribution in [0.3, 0.4) is 0 Å². The molecule has 0 fully saturated rings. The van der Waals surface area contributed by atoms with E-state index in [9.17, 15) is 13.2 Å². The third-order valence-electron chi connectivity index (χ3n) is 5.12. The van der Waals surface area contributed by atoms with E-state index in [2.05, 4.69) is 5.32 Å². The summed E-state index contributed by atoms with van der Waals surface area (Å²) < 4.78 is 34.4. The van der Waals surface area contributed by atoms with Gasteiger partial charge in [-0.15, -0.1) is 0 Å². The molecule has 1 heterocycles. The Morgan fingerprint density at radius 1 is 1.13 bits per heavy atom. The van der Waals surface area contributed by atoms with Crippen molar-refractivity contribution in [1.29, 1.82) is 0 Å². The number of aromatic nitrogens is 1. The molecule has 2 aromatic carbocycles. The second-order valence-corrected chi connectivity index (χ2v) is 8.90. The fourth-order valence-electron chi connectivity index (χ4n) is 3.59. The number of rotatable bonds is 8. The minimum Gasteiger partial charge on any atom is -0.495 e. The summed E-state index contributed by atoms with van der Waals surface area (Å²) in [5.41, 5.74) is 2.28. The summed E-state index contributed by atoms with van der Waals surface area (Å²) in [6.45, 7) is 4.32. The number of carbonyl (C=O) groups excluding carboxylic acids is 1. The lowest BCUT2D eigenvalue weighted by molar-refractivity contribution is -0.115. The van der Waals surface area contributed by atoms with Gasteiger partial charge in [0, 0.05) is 37.2 Å². The highest BCUT2D eigenvalue weighted by Crippen LogP contribution is 2.29. The van der Waals surface area contributed by atoms with Gasteiger partial charge in [-0.3, -0.25) is 4.79 Å². The quantitative estimate of drug-likeness (QED) is 0.595. The average Bonchev–Trinajstić information content (AvgIpc) is 3.04. The SMILES string of the molecule is CCN(CC)S(=O)(=O)c1ccc(OC)c(NC(=O)Cc2cn(C)c3ccccc23)c1. The number of aryl methyl sites for hydroxylation is 1. The standard InChI is InChI=1S/C22H27N3O4S/c1-5-25(6-2)30(27,28)17-11-12-21(29-4)19(14-17)23-22(26)13-16-15-24(3)20-10-8-7-9-18(16)20/h7-12,14-15H,5-6,13H2,1-4H3,(H,23,26). The maximum absolute atomic E-state index is 12.8. The second kappa shape index (κ2) is 8.89. The number of anilines is 1. The highest BCUT2D eigenvalue weighted by Gasteiger charge is 2.23. The molecule has 30 heavy (non-hydrogen) atoms. The van der Waals surface area contributed by atoms with Crippen LogP contribution >= 0.6 is 0 Å². The molecule has 8 heteroatoms. The van der Waals surface area contributed by atoms with Crippen molar-refractivity contribution in [2.24, 2.45) is 7.05 Å². The first-order valence-corrected chi connectivity index (χ1v) is 11.3. The van der Waals surface area contributed by atoms with E-state index in [0.717, 1.165) is 16.5 Å². The zero-order valence-electron chi connectivity index (χ0n) is 17.7. The summed E-state index contributed by atoms with van der Waals surface area (Å²) in [7, 11) is -0.226. The van der Waals surface area contributed by atoms with Crippen LogP contribution < -0.4 is 10.1 Å². The van der Waals surface area contributed by atoms with E-state index in [0.29, 0.717) is 24.5 Å². The summed E-state index contributed by atoms with van der Waals surface area (Å²) >= 11 is 0. The van der Waals surface area contributed by atoms with E-state index in [1.54, 1.807) is 19.9 Å². The van der Waals surface area contributed by atoms with Gasteiger partial charge in [-0.05, 0) is 29.8 Å². The zero-order valence-corrected chi connectivity index (χ0v) is 18.5. The molecule has 0 radical (unpaired) electrons. The Hall–Kier alpha value is -2.84. The fourth-order valence-corrected chi connectivity index (χ4v) is 5.08. The number of para-hydroxylation sites is 1. The molecule has 0 unspecified atom stereocenters. The van der Waals surface area contributed by atoms with Gasteiger partial charge in [0.05, 0.1) is 24.1 Å². The van der Waals surface area contributed by atoms with Crippen LogP contribution in [0.25, 0.3) is 10.9 Å². The number of nitrogens with zero attached hydrogens (tertiary/aromatic N) is 2. The number of sulfonamides is 1. The lowest BCUT2D eigenvalue weighted by Gasteiger charge is -2.19. The molecule has 1 aromatic heterocycles. The van der Waals surface area contributed by atoms with Crippen LogP contribution in [-0.2, 0) is 28.3 Å². The predicted octanol–water partition coefficient (Wildman–Crippen LogP) is 3.40. The monoisotopic (exact) mass is 429 g/mol. The van der Waals surface area contributed by atoms with Crippen molar-refractivity contribution in [2.45, 2.75) is 25.2 Å². The van der Waals surface area contributed by atoms with Gasteiger partial charge in [-0.25, -0.2) is 8.42 Å². The number of benzene rings is 2. The summed E-state index contributed by atoms with van der Waals surface area (Å²) in [4.78, 5) is 12.9. The predicted molar refractivity (Wildman–Crippen MR) is 118 cm³/mol. The van der Waals surface area contributed by atoms with Crippen molar-refractivity contribution >= 4 is 32.5 Å². The highest BCUT2D eigenvalue weighted by atomic mass is 32.2. The van der Waals surface area contributed by atoms with E-state index in [1.807, 2.05) is 42.1 Å². The molecule has 1 amide bonds. The highest BCUT2D eigenvalue weighted by molar-refractivity contribution is 7.89. The third kappa shape index (κ3) is 4.20. The molecule has 7 nitrogen and oxygen atoms in total. The van der Waals surface area contributed by atoms with Gasteiger partial charge in [0.15, 0.2) is 0 Å². The summed E-state index contributed by atoms with van der Waals surface area (Å²) in [5, 5.41) is 3.83. The van der Waals surface area contributed by atoms with Gasteiger partial charge >= 0.3 is 0 Å². The normalized spacial score (nSPS) is 11.8. The van der Waals surface area contributed by atoms with Crippen molar-refractivity contribution in [1.82, 2.24) is 8.87 Å². The number of nitrogens with one attached hydrogen (secondary N) is 1. The molecule has 3 aromatic rings. The molecular formula is C22H27N3O4S. The average molecular weight is 430 g/mol. The van der Waals surface area contributed by atoms with Crippen molar-refractivity contribution < 1.29 is 17.9 Å². The first-order valence-electron chi connectivity index (χ1n) is 9.82. The molecular weight excluding hydrogens is 402 g/mol. The molecule has 0 aliphatic carbocycles. The van der Waals surface area contributed by atoms with Gasteiger partial charge in [0.25, 0.3) is 0 Å². The van der Waals surface area contributed by atoms with E-state index in [-0.39, 0.29) is 17.2 Å². The molecule has 0 bridgehead atoms. The molecule has 160 valence electrons. The maximum atomic E-state index is 12.8. The van der Waals surface area contributed by atoms with Gasteiger partial charge < -0.3 is 14.6 Å². The number of fused-ring (bicyclic) bond motifs is 1. The minimum absolute atomic E-state index is 0.118. The number of methoxy groups -OCH3 is 1. The molecule has 0 aliphatic heterocycles. The Labute approximate surface area is 177 Å². The van der Waals surface area contributed by atoms with Gasteiger partial charge in [0.1, 0.15) is 5.75 Å². The summed E-state index contributed by atoms with van der Waals surface area (Å²) in [6.07, 6.45) is 2.10. The van der Waals surface area contributed by atoms with Crippen LogP contribution in [0.4, 0.5) is 5.69 Å². The molecule has 0 spiro atoms. The van der Waals surface area contributed by atoms with Crippen molar-refractivity contribution in [3.8, 4) is 5.75 Å². The van der Waals surface area contributed by atoms with E-state index >= 15 is 0 Å². The lowest BCUT2D eigenvalue weighted by atomic mass is 10.1. The van der Waals surface area contributed by atoms with Crippen LogP contribution in [-0.4, -0.2) is 43.4 Å². The van der Waals surface area contributed by atoms with E-state index in [4.69, 9.17) is 4.74 Å². The van der Waals surface area contributed by atoms with Gasteiger partial charge in [0.2, 0.25) is 15.9 Å². The Bertz CT molecular complexity index is 1160. The summed E-state index contributed by atoms with van der Waals surface area (Å²) in [5.74, 6) is 0.154. The van der Waals surface area contributed by atoms with Crippen LogP contribution in [0.2, 0.25) is 0 Å². The summed E-state index contributed by atoms with van der Waals surface area (Å²) in [6, 6.07) is 12.4. The molecule has 0 atom stereocenters. The van der Waals surface area contributed by atoms with Crippen LogP contribution in [0.5, 0.6) is 5.75 Å². The van der Waals surface area contributed by atoms with Crippen LogP contribution in [0.15, 0.2) is 53.6 Å². The molecule has 0 saturated carbocycles. The lowest BCUT2D eigenvalue weighted by Crippen LogP contribution is -2.30. The first kappa shape index (κ1) is 21.9. The zero-order chi connectivity index (χ0) is 21.9. The van der Waals surface area contributed by atoms with Gasteiger partial charge in [-0.1, -0.05) is 32.0 Å². The Kier molecular flexibility index (Phi) is 6.48. The Morgan fingerprint density at radius 3 is 2.50 bits per heavy atom. The van der Waals surface area contributed by atoms with Crippen LogP contribution in [0, 0.1) is 0 Å². The number of amides is 1. The van der Waals surface area contributed by atoms with Crippen molar-refractivity contribution in [2.75, 3.05) is 25.5 Å². The Morgan fingerprint density at radius 2 is 1.83 bits per heavy atom. The first-order chi connectivity index (χ1) is 14.3. The maximum Gasteiger partial charge on any atom is 0.243 e. The molecule has 0 saturated heterocycles. The number of hydrogen-bond donors (Lipinski definition) is 1. The molecule has 3 rings (SSSR count). The third-order valence-corrected chi connectivity index (χ3v) is 7.16. The van der Waals surface area contributed by atoms with E-state index < -0.39 is 10.0 Å². The Balaban J connectivity index is 1.89. The fraction of sp³-hybridized carbons (Fsp3) is 0.318. The van der Waals surface area contributed by atoms with Gasteiger partial charge in [-0.2, -0.15) is 4.31 Å². The second-order valence-electron chi connectivity index (χ2n) is 6.96. The number of carbonyl (C=O) groups is 1. The minimum atomic E-state index is -3.65. The molecule has 0 aliphatic rings. The van der Waals surface area contributed by atoms with Crippen LogP contribution in [0.1, 0.15) is 19.4 Å². The van der Waals surface area contributed by atoms with Crippen molar-refractivity contribution in [3.05, 3.63) is 54.2 Å². The smallest absolute Gasteiger partial charge is 0.243 e. The van der Waals surface area contributed by atoms with E-state index in [1.165, 1.54) is 23.5 Å². The number of hydrogen-bond acceptors (Lipinski definition) is 4.